The summed E-state index contributed by atoms with van der Waals surface area (Å²) < 4.78 is 0. The van der Waals surface area contributed by atoms with Gasteiger partial charge in [-0.1, -0.05) is 5.10 Å². The Morgan fingerprint density at radius 2 is 2.67 bits per heavy atom. The quantitative estimate of drug-likeness (QED) is 0.270. The minimum atomic E-state index is -0.518. The zero-order valence-corrected chi connectivity index (χ0v) is 6.04. The molecule has 0 aromatic carbocycles. The van der Waals surface area contributed by atoms with Crippen LogP contribution in [0.5, 0.6) is 0 Å². The van der Waals surface area contributed by atoms with Gasteiger partial charge in [0.2, 0.25) is 0 Å². The van der Waals surface area contributed by atoms with E-state index >= 15 is 0 Å². The fourth-order valence-corrected chi connectivity index (χ4v) is 1.63. The average Bonchev–Trinajstić information content (AvgIpc) is 2.18. The van der Waals surface area contributed by atoms with Crippen molar-refractivity contribution in [3.8, 4) is 0 Å². The normalized spacial score (nSPS) is 19.6. The zero-order chi connectivity index (χ0) is 6.69. The molecule has 0 atom stereocenters. The van der Waals surface area contributed by atoms with Crippen molar-refractivity contribution in [1.29, 1.82) is 0 Å². The van der Waals surface area contributed by atoms with E-state index in [0.29, 0.717) is 6.17 Å². The van der Waals surface area contributed by atoms with Crippen LogP contribution < -0.4 is 4.98 Å². The van der Waals surface area contributed by atoms with Gasteiger partial charge >= 0.3 is 6.03 Å². The summed E-state index contributed by atoms with van der Waals surface area (Å²) in [6, 6.07) is -0.273. The van der Waals surface area contributed by atoms with Crippen molar-refractivity contribution < 1.29 is 9.59 Å². The van der Waals surface area contributed by atoms with Crippen molar-refractivity contribution in [2.24, 2.45) is 5.10 Å². The summed E-state index contributed by atoms with van der Waals surface area (Å²) in [6.07, 6.45) is 1.89. The number of urea groups is 1. The smallest absolute Gasteiger partial charge is 0.329 e. The number of hydrazone groups is 1. The van der Waals surface area contributed by atoms with Crippen LogP contribution in [0, 0.1) is 0 Å². The Bertz CT molecular complexity index is 176. The molecule has 0 saturated carbocycles. The summed E-state index contributed by atoms with van der Waals surface area (Å²) in [6.45, 7) is 0. The van der Waals surface area contributed by atoms with Crippen molar-refractivity contribution in [2.75, 3.05) is 6.17 Å². The molecule has 2 amide bonds. The molecule has 1 heterocycles. The zero-order valence-electron chi connectivity index (χ0n) is 4.63. The molecule has 1 fully saturated rings. The molecule has 1 N–H and O–H groups in total. The van der Waals surface area contributed by atoms with Crippen molar-refractivity contribution in [2.45, 2.75) is 0 Å². The van der Waals surface area contributed by atoms with E-state index in [1.165, 1.54) is 6.08 Å². The summed E-state index contributed by atoms with van der Waals surface area (Å²) in [5, 5.41) is 4.25. The molecule has 1 saturated heterocycles. The largest absolute Gasteiger partial charge is 0.367 e. The van der Waals surface area contributed by atoms with E-state index < -0.39 is 9.68 Å². The number of hydrogen-bond acceptors (Lipinski definition) is 3. The molecule has 0 aromatic rings. The molecule has 1 aliphatic rings. The van der Waals surface area contributed by atoms with E-state index in [9.17, 15) is 9.59 Å². The first kappa shape index (κ1) is 5.99. The summed E-state index contributed by atoms with van der Waals surface area (Å²) in [5.74, 6) is 0. The van der Waals surface area contributed by atoms with Gasteiger partial charge in [0, 0.05) is 0 Å². The van der Waals surface area contributed by atoms with E-state index in [4.69, 9.17) is 0 Å². The molecule has 1 aliphatic heterocycles. The van der Waals surface area contributed by atoms with Gasteiger partial charge in [-0.3, -0.25) is 0 Å². The number of nitrogens with zero attached hydrogens (tertiary/aromatic N) is 2. The molecule has 5 nitrogen and oxygen atoms in total. The predicted molar refractivity (Wildman–Crippen MR) is 31.9 cm³/mol. The lowest BCUT2D eigenvalue weighted by atomic mass is 11.0. The van der Waals surface area contributed by atoms with E-state index in [1.807, 2.05) is 0 Å². The first-order valence-corrected chi connectivity index (χ1v) is 4.18. The van der Waals surface area contributed by atoms with Crippen molar-refractivity contribution in [3.63, 3.8) is 0 Å². The van der Waals surface area contributed by atoms with Gasteiger partial charge in [0.1, 0.15) is 9.68 Å². The topological polar surface area (TPSA) is 61.8 Å². The molecule has 0 aromatic heterocycles. The van der Waals surface area contributed by atoms with Crippen molar-refractivity contribution in [3.05, 3.63) is 0 Å². The minimum absolute atomic E-state index is 0.273. The SMILES string of the molecule is O=C=NN1C[SiH2]NC1=O. The predicted octanol–water partition coefficient (Wildman–Crippen LogP) is -1.70. The summed E-state index contributed by atoms with van der Waals surface area (Å²) in [4.78, 5) is 22.8. The third kappa shape index (κ3) is 1.16. The van der Waals surface area contributed by atoms with Crippen LogP contribution in [0.4, 0.5) is 4.79 Å². The van der Waals surface area contributed by atoms with Crippen molar-refractivity contribution >= 4 is 21.8 Å². The van der Waals surface area contributed by atoms with Gasteiger partial charge in [0.05, 0.1) is 6.17 Å². The minimum Gasteiger partial charge on any atom is -0.367 e. The third-order valence-electron chi connectivity index (χ3n) is 0.996. The number of rotatable bonds is 1. The lowest BCUT2D eigenvalue weighted by molar-refractivity contribution is 0.219. The van der Waals surface area contributed by atoms with E-state index in [1.54, 1.807) is 0 Å². The number of carbonyl (C=O) groups excluding carboxylic acids is 2. The van der Waals surface area contributed by atoms with E-state index in [0.717, 1.165) is 5.01 Å². The molecule has 6 heteroatoms. The Kier molecular flexibility index (Phi) is 1.62. The van der Waals surface area contributed by atoms with Gasteiger partial charge in [0.25, 0.3) is 6.08 Å². The molecule has 9 heavy (non-hydrogen) atoms. The first-order valence-electron chi connectivity index (χ1n) is 2.48. The number of nitrogens with one attached hydrogen (secondary N) is 1. The van der Waals surface area contributed by atoms with Gasteiger partial charge < -0.3 is 4.98 Å². The number of amides is 2. The van der Waals surface area contributed by atoms with Crippen LogP contribution in [0.2, 0.25) is 0 Å². The highest BCUT2D eigenvalue weighted by molar-refractivity contribution is 6.40. The lowest BCUT2D eigenvalue weighted by Gasteiger charge is -2.00. The van der Waals surface area contributed by atoms with Gasteiger partial charge in [0.15, 0.2) is 0 Å². The molecule has 48 valence electrons. The van der Waals surface area contributed by atoms with E-state index in [-0.39, 0.29) is 6.03 Å². The second-order valence-corrected chi connectivity index (χ2v) is 2.85. The lowest BCUT2D eigenvalue weighted by Crippen LogP contribution is -2.23. The van der Waals surface area contributed by atoms with Gasteiger partial charge in [-0.05, 0) is 0 Å². The monoisotopic (exact) mass is 143 g/mol. The fourth-order valence-electron chi connectivity index (χ4n) is 0.606. The van der Waals surface area contributed by atoms with Crippen LogP contribution >= 0.6 is 0 Å². The van der Waals surface area contributed by atoms with Crippen LogP contribution in [0.15, 0.2) is 5.10 Å². The standard InChI is InChI=1S/C3H5N3O2Si/c7-1-4-6-2-9-5-3(6)8/h2,9H2,(H,5,8). The Labute approximate surface area is 53.6 Å². The summed E-state index contributed by atoms with van der Waals surface area (Å²) in [5.41, 5.74) is 0. The molecular formula is C3H5N3O2Si. The Balaban J connectivity index is 2.59. The highest BCUT2D eigenvalue weighted by atomic mass is 28.2. The Hall–Kier alpha value is -1.13. The van der Waals surface area contributed by atoms with Crippen LogP contribution in [0.3, 0.4) is 0 Å². The summed E-state index contributed by atoms with van der Waals surface area (Å²) >= 11 is 0. The number of carbonyl (C=O) groups is 1. The molecule has 0 spiro atoms. The Morgan fingerprint density at radius 1 is 1.89 bits per heavy atom. The second kappa shape index (κ2) is 2.43. The third-order valence-corrected chi connectivity index (χ3v) is 2.20. The highest BCUT2D eigenvalue weighted by Crippen LogP contribution is 1.92. The molecular weight excluding hydrogens is 138 g/mol. The molecule has 0 bridgehead atoms. The van der Waals surface area contributed by atoms with Gasteiger partial charge in [-0.25, -0.2) is 14.6 Å². The van der Waals surface area contributed by atoms with Crippen LogP contribution in [0.25, 0.3) is 0 Å². The summed E-state index contributed by atoms with van der Waals surface area (Å²) in [7, 11) is -0.518. The first-order chi connectivity index (χ1) is 4.34. The highest BCUT2D eigenvalue weighted by Gasteiger charge is 2.18. The Morgan fingerprint density at radius 3 is 3.11 bits per heavy atom. The number of isocyanates is 1. The van der Waals surface area contributed by atoms with Crippen LogP contribution in [0.1, 0.15) is 0 Å². The molecule has 1 rings (SSSR count). The fraction of sp³-hybridized carbons (Fsp3) is 0.333. The van der Waals surface area contributed by atoms with E-state index in [2.05, 4.69) is 10.1 Å². The van der Waals surface area contributed by atoms with Gasteiger partial charge in [-0.2, -0.15) is 0 Å². The molecule has 0 radical (unpaired) electrons. The maximum Gasteiger partial charge on any atom is 0.329 e. The average molecular weight is 143 g/mol. The van der Waals surface area contributed by atoms with Gasteiger partial charge in [-0.15, -0.1) is 0 Å². The molecule has 0 aliphatic carbocycles. The van der Waals surface area contributed by atoms with Crippen LogP contribution in [-0.2, 0) is 4.79 Å². The maximum atomic E-state index is 10.5. The van der Waals surface area contributed by atoms with Crippen molar-refractivity contribution in [1.82, 2.24) is 9.99 Å². The number of hydrogen-bond donors (Lipinski definition) is 1. The maximum absolute atomic E-state index is 10.5. The molecule has 0 unspecified atom stereocenters. The van der Waals surface area contributed by atoms with Crippen LogP contribution in [-0.4, -0.2) is 33.0 Å². The second-order valence-electron chi connectivity index (χ2n) is 1.55.